The Morgan fingerprint density at radius 1 is 1.15 bits per heavy atom. The molecule has 0 amide bonds. The highest BCUT2D eigenvalue weighted by molar-refractivity contribution is 5.55. The van der Waals surface area contributed by atoms with Crippen LogP contribution >= 0.6 is 0 Å². The van der Waals surface area contributed by atoms with Gasteiger partial charge >= 0.3 is 0 Å². The SMILES string of the molecule is COCCc1noc(C2CCCN(c3nccc(-c4ccccn4)n3)C2)n1. The maximum Gasteiger partial charge on any atom is 0.231 e. The molecule has 3 aromatic heterocycles. The van der Waals surface area contributed by atoms with Gasteiger partial charge < -0.3 is 14.2 Å². The Bertz CT molecular complexity index is 869. The van der Waals surface area contributed by atoms with Crippen molar-refractivity contribution < 1.29 is 9.26 Å². The van der Waals surface area contributed by atoms with E-state index in [1.165, 1.54) is 0 Å². The molecule has 0 spiro atoms. The van der Waals surface area contributed by atoms with Crippen molar-refractivity contribution in [1.82, 2.24) is 25.1 Å². The summed E-state index contributed by atoms with van der Waals surface area (Å²) < 4.78 is 10.6. The van der Waals surface area contributed by atoms with Crippen LogP contribution in [0.3, 0.4) is 0 Å². The maximum atomic E-state index is 5.48. The summed E-state index contributed by atoms with van der Waals surface area (Å²) in [5, 5.41) is 4.06. The van der Waals surface area contributed by atoms with Crippen molar-refractivity contribution in [3.05, 3.63) is 48.4 Å². The largest absolute Gasteiger partial charge is 0.384 e. The van der Waals surface area contributed by atoms with Crippen LogP contribution in [0.2, 0.25) is 0 Å². The molecule has 1 aliphatic rings. The highest BCUT2D eigenvalue weighted by atomic mass is 16.5. The van der Waals surface area contributed by atoms with Gasteiger partial charge in [-0.3, -0.25) is 4.98 Å². The molecule has 0 aromatic carbocycles. The summed E-state index contributed by atoms with van der Waals surface area (Å²) in [7, 11) is 1.67. The Morgan fingerprint density at radius 3 is 2.96 bits per heavy atom. The van der Waals surface area contributed by atoms with Crippen LogP contribution in [-0.4, -0.2) is 51.9 Å². The minimum absolute atomic E-state index is 0.185. The second-order valence-corrected chi connectivity index (χ2v) is 6.53. The molecule has 0 radical (unpaired) electrons. The number of aromatic nitrogens is 5. The van der Waals surface area contributed by atoms with E-state index in [2.05, 4.69) is 25.0 Å². The van der Waals surface area contributed by atoms with E-state index >= 15 is 0 Å². The number of anilines is 1. The summed E-state index contributed by atoms with van der Waals surface area (Å²) in [4.78, 5) is 20.3. The van der Waals surface area contributed by atoms with E-state index in [1.54, 1.807) is 19.5 Å². The first-order valence-electron chi connectivity index (χ1n) is 9.14. The first-order valence-corrected chi connectivity index (χ1v) is 9.14. The topological polar surface area (TPSA) is 90.1 Å². The number of methoxy groups -OCH3 is 1. The third-order valence-corrected chi connectivity index (χ3v) is 4.64. The Hall–Kier alpha value is -2.87. The third-order valence-electron chi connectivity index (χ3n) is 4.64. The van der Waals surface area contributed by atoms with Crippen molar-refractivity contribution >= 4 is 5.95 Å². The Balaban J connectivity index is 1.49. The van der Waals surface area contributed by atoms with Gasteiger partial charge in [0.15, 0.2) is 5.82 Å². The number of pyridine rings is 1. The van der Waals surface area contributed by atoms with Crippen LogP contribution in [0, 0.1) is 0 Å². The molecular formula is C19H22N6O2. The van der Waals surface area contributed by atoms with Gasteiger partial charge in [0.1, 0.15) is 0 Å². The fourth-order valence-electron chi connectivity index (χ4n) is 3.25. The lowest BCUT2D eigenvalue weighted by Gasteiger charge is -2.31. The predicted molar refractivity (Wildman–Crippen MR) is 99.3 cm³/mol. The normalized spacial score (nSPS) is 17.2. The highest BCUT2D eigenvalue weighted by Gasteiger charge is 2.27. The molecular weight excluding hydrogens is 344 g/mol. The molecule has 8 heteroatoms. The molecule has 0 bridgehead atoms. The van der Waals surface area contributed by atoms with Crippen molar-refractivity contribution in [2.75, 3.05) is 31.7 Å². The standard InChI is InChI=1S/C19H22N6O2/c1-26-12-8-17-23-18(27-24-17)14-5-4-11-25(13-14)19-21-10-7-16(22-19)15-6-2-3-9-20-15/h2-3,6-7,9-10,14H,4-5,8,11-13H2,1H3. The van der Waals surface area contributed by atoms with Crippen LogP contribution in [0.1, 0.15) is 30.5 Å². The summed E-state index contributed by atoms with van der Waals surface area (Å²) in [6.07, 6.45) is 6.25. The predicted octanol–water partition coefficient (Wildman–Crippen LogP) is 2.49. The van der Waals surface area contributed by atoms with Gasteiger partial charge in [0, 0.05) is 39.0 Å². The number of ether oxygens (including phenoxy) is 1. The lowest BCUT2D eigenvalue weighted by Crippen LogP contribution is -2.35. The first kappa shape index (κ1) is 17.5. The van der Waals surface area contributed by atoms with Crippen molar-refractivity contribution in [3.8, 4) is 11.4 Å². The molecule has 8 nitrogen and oxygen atoms in total. The van der Waals surface area contributed by atoms with Gasteiger partial charge in [-0.1, -0.05) is 11.2 Å². The van der Waals surface area contributed by atoms with Crippen molar-refractivity contribution in [2.45, 2.75) is 25.2 Å². The molecule has 0 aliphatic carbocycles. The monoisotopic (exact) mass is 366 g/mol. The first-order chi connectivity index (χ1) is 13.3. The molecule has 1 atom stereocenters. The summed E-state index contributed by atoms with van der Waals surface area (Å²) in [6, 6.07) is 7.68. The molecule has 1 fully saturated rings. The number of rotatable bonds is 6. The highest BCUT2D eigenvalue weighted by Crippen LogP contribution is 2.28. The van der Waals surface area contributed by atoms with E-state index in [4.69, 9.17) is 14.2 Å². The van der Waals surface area contributed by atoms with Crippen LogP contribution in [0.5, 0.6) is 0 Å². The summed E-state index contributed by atoms with van der Waals surface area (Å²) in [5.74, 6) is 2.27. The molecule has 140 valence electrons. The Labute approximate surface area is 157 Å². The van der Waals surface area contributed by atoms with Crippen LogP contribution in [-0.2, 0) is 11.2 Å². The summed E-state index contributed by atoms with van der Waals surface area (Å²) in [6.45, 7) is 2.26. The molecule has 1 aliphatic heterocycles. The van der Waals surface area contributed by atoms with Gasteiger partial charge in [-0.2, -0.15) is 4.98 Å². The molecule has 0 saturated carbocycles. The molecule has 4 rings (SSSR count). The van der Waals surface area contributed by atoms with Crippen molar-refractivity contribution in [1.29, 1.82) is 0 Å². The van der Waals surface area contributed by atoms with Crippen molar-refractivity contribution in [2.24, 2.45) is 0 Å². The van der Waals surface area contributed by atoms with Gasteiger partial charge in [0.25, 0.3) is 0 Å². The summed E-state index contributed by atoms with van der Waals surface area (Å²) in [5.41, 5.74) is 1.66. The molecule has 4 heterocycles. The average Bonchev–Trinajstić information content (AvgIpc) is 3.22. The molecule has 27 heavy (non-hydrogen) atoms. The minimum Gasteiger partial charge on any atom is -0.384 e. The van der Waals surface area contributed by atoms with Gasteiger partial charge in [-0.15, -0.1) is 0 Å². The van der Waals surface area contributed by atoms with E-state index < -0.39 is 0 Å². The number of piperidine rings is 1. The lowest BCUT2D eigenvalue weighted by atomic mass is 9.98. The minimum atomic E-state index is 0.185. The lowest BCUT2D eigenvalue weighted by molar-refractivity contribution is 0.199. The second-order valence-electron chi connectivity index (χ2n) is 6.53. The van der Waals surface area contributed by atoms with E-state index in [-0.39, 0.29) is 5.92 Å². The molecule has 1 unspecified atom stereocenters. The van der Waals surface area contributed by atoms with Crippen molar-refractivity contribution in [3.63, 3.8) is 0 Å². The van der Waals surface area contributed by atoms with Gasteiger partial charge in [-0.05, 0) is 31.0 Å². The van der Waals surface area contributed by atoms with E-state index in [0.29, 0.717) is 30.7 Å². The summed E-state index contributed by atoms with van der Waals surface area (Å²) >= 11 is 0. The van der Waals surface area contributed by atoms with Gasteiger partial charge in [0.2, 0.25) is 11.8 Å². The van der Waals surface area contributed by atoms with E-state index in [9.17, 15) is 0 Å². The number of nitrogens with zero attached hydrogens (tertiary/aromatic N) is 6. The van der Waals surface area contributed by atoms with Crippen LogP contribution < -0.4 is 4.90 Å². The average molecular weight is 366 g/mol. The molecule has 0 N–H and O–H groups in total. The van der Waals surface area contributed by atoms with Gasteiger partial charge in [-0.25, -0.2) is 9.97 Å². The van der Waals surface area contributed by atoms with E-state index in [1.807, 2.05) is 24.3 Å². The smallest absolute Gasteiger partial charge is 0.231 e. The fourth-order valence-corrected chi connectivity index (χ4v) is 3.25. The zero-order chi connectivity index (χ0) is 18.5. The van der Waals surface area contributed by atoms with Crippen LogP contribution in [0.25, 0.3) is 11.4 Å². The van der Waals surface area contributed by atoms with E-state index in [0.717, 1.165) is 37.3 Å². The second kappa shape index (κ2) is 8.22. The number of hydrogen-bond acceptors (Lipinski definition) is 8. The third kappa shape index (κ3) is 4.11. The molecule has 3 aromatic rings. The zero-order valence-electron chi connectivity index (χ0n) is 15.3. The fraction of sp³-hybridized carbons (Fsp3) is 0.421. The zero-order valence-corrected chi connectivity index (χ0v) is 15.3. The Kier molecular flexibility index (Phi) is 5.34. The number of hydrogen-bond donors (Lipinski definition) is 0. The quantitative estimate of drug-likeness (QED) is 0.657. The molecule has 1 saturated heterocycles. The maximum absolute atomic E-state index is 5.48. The van der Waals surface area contributed by atoms with Crippen LogP contribution in [0.4, 0.5) is 5.95 Å². The van der Waals surface area contributed by atoms with Crippen LogP contribution in [0.15, 0.2) is 41.2 Å². The Morgan fingerprint density at radius 2 is 2.11 bits per heavy atom. The van der Waals surface area contributed by atoms with Gasteiger partial charge in [0.05, 0.1) is 23.9 Å².